The molecule has 2 fully saturated rings. The minimum absolute atomic E-state index is 0.0213. The van der Waals surface area contributed by atoms with Crippen molar-refractivity contribution >= 4 is 0 Å². The number of hydrogen-bond acceptors (Lipinski definition) is 2. The van der Waals surface area contributed by atoms with Crippen molar-refractivity contribution in [1.82, 2.24) is 5.32 Å². The third-order valence-electron chi connectivity index (χ3n) is 4.90. The Balaban J connectivity index is 1.92. The lowest BCUT2D eigenvalue weighted by Crippen LogP contribution is -2.49. The summed E-state index contributed by atoms with van der Waals surface area (Å²) in [7, 11) is 0. The molecule has 106 valence electrons. The molecule has 18 heavy (non-hydrogen) atoms. The Morgan fingerprint density at radius 1 is 1.06 bits per heavy atom. The molecule has 2 heteroatoms. The SMILES string of the molecule is CC(NC1CC(C)(C)OC1(C)C)C1CCCCC1. The van der Waals surface area contributed by atoms with Gasteiger partial charge in [-0.3, -0.25) is 0 Å². The van der Waals surface area contributed by atoms with Crippen LogP contribution in [0.2, 0.25) is 0 Å². The molecule has 0 aromatic heterocycles. The Hall–Kier alpha value is -0.0800. The summed E-state index contributed by atoms with van der Waals surface area (Å²) in [5.41, 5.74) is -0.0140. The Bertz CT molecular complexity index is 279. The molecule has 2 unspecified atom stereocenters. The maximum atomic E-state index is 6.17. The summed E-state index contributed by atoms with van der Waals surface area (Å²) in [6.45, 7) is 11.3. The van der Waals surface area contributed by atoms with Crippen molar-refractivity contribution < 1.29 is 4.74 Å². The average Bonchev–Trinajstić information content (AvgIpc) is 2.48. The van der Waals surface area contributed by atoms with Crippen molar-refractivity contribution in [2.75, 3.05) is 0 Å². The first-order valence-corrected chi connectivity index (χ1v) is 7.76. The maximum absolute atomic E-state index is 6.17. The molecule has 0 radical (unpaired) electrons. The smallest absolute Gasteiger partial charge is 0.0787 e. The lowest BCUT2D eigenvalue weighted by Gasteiger charge is -2.34. The Morgan fingerprint density at radius 3 is 2.17 bits per heavy atom. The summed E-state index contributed by atoms with van der Waals surface area (Å²) in [5.74, 6) is 0.873. The van der Waals surface area contributed by atoms with E-state index in [4.69, 9.17) is 4.74 Å². The van der Waals surface area contributed by atoms with Crippen LogP contribution in [-0.4, -0.2) is 23.3 Å². The van der Waals surface area contributed by atoms with Gasteiger partial charge in [-0.25, -0.2) is 0 Å². The van der Waals surface area contributed by atoms with Gasteiger partial charge < -0.3 is 10.1 Å². The van der Waals surface area contributed by atoms with Gasteiger partial charge in [-0.15, -0.1) is 0 Å². The predicted octanol–water partition coefficient (Wildman–Crippen LogP) is 3.89. The lowest BCUT2D eigenvalue weighted by molar-refractivity contribution is -0.0708. The second-order valence-corrected chi connectivity index (χ2v) is 7.58. The predicted molar refractivity (Wildman–Crippen MR) is 76.8 cm³/mol. The highest BCUT2D eigenvalue weighted by Gasteiger charge is 2.46. The molecule has 1 aliphatic heterocycles. The minimum atomic E-state index is -0.0353. The molecular formula is C16H31NO. The van der Waals surface area contributed by atoms with Gasteiger partial charge in [-0.1, -0.05) is 19.3 Å². The Kier molecular flexibility index (Phi) is 4.08. The molecule has 2 atom stereocenters. The van der Waals surface area contributed by atoms with Gasteiger partial charge in [0.1, 0.15) is 0 Å². The molecule has 1 saturated carbocycles. The van der Waals surface area contributed by atoms with Gasteiger partial charge in [-0.2, -0.15) is 0 Å². The molecule has 0 bridgehead atoms. The van der Waals surface area contributed by atoms with E-state index in [1.165, 1.54) is 32.1 Å². The van der Waals surface area contributed by atoms with Crippen LogP contribution < -0.4 is 5.32 Å². The normalized spacial score (nSPS) is 33.5. The molecule has 1 saturated heterocycles. The van der Waals surface area contributed by atoms with Crippen molar-refractivity contribution in [3.63, 3.8) is 0 Å². The van der Waals surface area contributed by atoms with Gasteiger partial charge in [0.25, 0.3) is 0 Å². The van der Waals surface area contributed by atoms with Crippen LogP contribution in [0.25, 0.3) is 0 Å². The van der Waals surface area contributed by atoms with Gasteiger partial charge in [0.05, 0.1) is 11.2 Å². The molecule has 2 rings (SSSR count). The van der Waals surface area contributed by atoms with Crippen LogP contribution in [0, 0.1) is 5.92 Å². The first-order valence-electron chi connectivity index (χ1n) is 7.76. The second kappa shape index (κ2) is 5.13. The number of nitrogens with one attached hydrogen (secondary N) is 1. The molecule has 1 heterocycles. The van der Waals surface area contributed by atoms with Crippen LogP contribution in [0.15, 0.2) is 0 Å². The fraction of sp³-hybridized carbons (Fsp3) is 1.00. The summed E-state index contributed by atoms with van der Waals surface area (Å²) in [6.07, 6.45) is 8.22. The quantitative estimate of drug-likeness (QED) is 0.824. The Morgan fingerprint density at radius 2 is 1.67 bits per heavy atom. The molecule has 0 aromatic carbocycles. The summed E-state index contributed by atoms with van der Waals surface area (Å²) in [5, 5.41) is 3.87. The van der Waals surface area contributed by atoms with Crippen LogP contribution in [0.4, 0.5) is 0 Å². The highest BCUT2D eigenvalue weighted by Crippen LogP contribution is 2.38. The highest BCUT2D eigenvalue weighted by molar-refractivity contribution is 5.00. The number of rotatable bonds is 3. The van der Waals surface area contributed by atoms with Crippen LogP contribution in [0.1, 0.15) is 73.1 Å². The van der Waals surface area contributed by atoms with Crippen molar-refractivity contribution in [3.05, 3.63) is 0 Å². The first kappa shape index (κ1) is 14.3. The second-order valence-electron chi connectivity index (χ2n) is 7.58. The van der Waals surface area contributed by atoms with E-state index in [0.717, 1.165) is 12.3 Å². The fourth-order valence-electron chi connectivity index (χ4n) is 3.91. The van der Waals surface area contributed by atoms with Crippen molar-refractivity contribution in [2.45, 2.75) is 96.4 Å². The van der Waals surface area contributed by atoms with E-state index in [0.29, 0.717) is 12.1 Å². The van der Waals surface area contributed by atoms with E-state index in [9.17, 15) is 0 Å². The van der Waals surface area contributed by atoms with Crippen LogP contribution in [0.3, 0.4) is 0 Å². The van der Waals surface area contributed by atoms with Gasteiger partial charge >= 0.3 is 0 Å². The number of hydrogen-bond donors (Lipinski definition) is 1. The third kappa shape index (κ3) is 3.27. The van der Waals surface area contributed by atoms with E-state index in [1.807, 2.05) is 0 Å². The van der Waals surface area contributed by atoms with Gasteiger partial charge in [-0.05, 0) is 59.8 Å². The first-order chi connectivity index (χ1) is 8.30. The zero-order valence-corrected chi connectivity index (χ0v) is 12.9. The third-order valence-corrected chi connectivity index (χ3v) is 4.90. The molecule has 2 nitrogen and oxygen atoms in total. The monoisotopic (exact) mass is 253 g/mol. The molecule has 1 N–H and O–H groups in total. The molecule has 0 spiro atoms. The van der Waals surface area contributed by atoms with Gasteiger partial charge in [0, 0.05) is 12.1 Å². The number of ether oxygens (including phenoxy) is 1. The largest absolute Gasteiger partial charge is 0.368 e. The van der Waals surface area contributed by atoms with Crippen molar-refractivity contribution in [1.29, 1.82) is 0 Å². The van der Waals surface area contributed by atoms with Gasteiger partial charge in [0.15, 0.2) is 0 Å². The van der Waals surface area contributed by atoms with Gasteiger partial charge in [0.2, 0.25) is 0 Å². The van der Waals surface area contributed by atoms with Crippen molar-refractivity contribution in [3.8, 4) is 0 Å². The van der Waals surface area contributed by atoms with E-state index < -0.39 is 0 Å². The summed E-state index contributed by atoms with van der Waals surface area (Å²) >= 11 is 0. The highest BCUT2D eigenvalue weighted by atomic mass is 16.5. The summed E-state index contributed by atoms with van der Waals surface area (Å²) in [6, 6.07) is 1.12. The van der Waals surface area contributed by atoms with Crippen LogP contribution >= 0.6 is 0 Å². The van der Waals surface area contributed by atoms with E-state index in [-0.39, 0.29) is 11.2 Å². The van der Waals surface area contributed by atoms with E-state index >= 15 is 0 Å². The van der Waals surface area contributed by atoms with E-state index in [1.54, 1.807) is 0 Å². The summed E-state index contributed by atoms with van der Waals surface area (Å²) in [4.78, 5) is 0. The molecule has 2 aliphatic rings. The minimum Gasteiger partial charge on any atom is -0.368 e. The molecule has 1 aliphatic carbocycles. The fourth-order valence-corrected chi connectivity index (χ4v) is 3.91. The zero-order chi connectivity index (χ0) is 13.4. The maximum Gasteiger partial charge on any atom is 0.0787 e. The molecule has 0 aromatic rings. The van der Waals surface area contributed by atoms with Crippen molar-refractivity contribution in [2.24, 2.45) is 5.92 Å². The lowest BCUT2D eigenvalue weighted by atomic mass is 9.83. The summed E-state index contributed by atoms with van der Waals surface area (Å²) < 4.78 is 6.17. The van der Waals surface area contributed by atoms with Crippen LogP contribution in [-0.2, 0) is 4.74 Å². The average molecular weight is 253 g/mol. The molecular weight excluding hydrogens is 222 g/mol. The Labute approximate surface area is 113 Å². The molecule has 0 amide bonds. The zero-order valence-electron chi connectivity index (χ0n) is 12.9. The topological polar surface area (TPSA) is 21.3 Å². The van der Waals surface area contributed by atoms with Crippen LogP contribution in [0.5, 0.6) is 0 Å². The standard InChI is InChI=1S/C16H31NO/c1-12(13-9-7-6-8-10-13)17-14-11-15(2,3)18-16(14,4)5/h12-14,17H,6-11H2,1-5H3. The van der Waals surface area contributed by atoms with E-state index in [2.05, 4.69) is 39.9 Å².